The van der Waals surface area contributed by atoms with E-state index in [0.717, 1.165) is 0 Å². The van der Waals surface area contributed by atoms with E-state index in [1.807, 2.05) is 5.10 Å². The summed E-state index contributed by atoms with van der Waals surface area (Å²) in [6.07, 6.45) is -4.60. The predicted molar refractivity (Wildman–Crippen MR) is 82.7 cm³/mol. The summed E-state index contributed by atoms with van der Waals surface area (Å²) in [5, 5.41) is 16.0. The van der Waals surface area contributed by atoms with Crippen LogP contribution in [0.4, 0.5) is 13.2 Å². The summed E-state index contributed by atoms with van der Waals surface area (Å²) in [5.74, 6) is 0.177. The highest BCUT2D eigenvalue weighted by Crippen LogP contribution is 2.43. The highest BCUT2D eigenvalue weighted by molar-refractivity contribution is 5.85. The van der Waals surface area contributed by atoms with Gasteiger partial charge in [-0.05, 0) is 17.7 Å². The highest BCUT2D eigenvalue weighted by atomic mass is 19.4. The Balaban J connectivity index is 2.25. The first-order chi connectivity index (χ1) is 11.4. The van der Waals surface area contributed by atoms with Crippen molar-refractivity contribution in [2.45, 2.75) is 6.18 Å². The Morgan fingerprint density at radius 1 is 1.08 bits per heavy atom. The maximum absolute atomic E-state index is 13.3. The lowest BCUT2D eigenvalue weighted by Gasteiger charge is -2.10. The summed E-state index contributed by atoms with van der Waals surface area (Å²) in [4.78, 5) is 0. The van der Waals surface area contributed by atoms with E-state index >= 15 is 0 Å². The molecule has 0 atom stereocenters. The molecule has 0 unspecified atom stereocenters. The van der Waals surface area contributed by atoms with E-state index < -0.39 is 11.9 Å². The number of halogens is 3. The number of aromatic nitrogens is 2. The summed E-state index contributed by atoms with van der Waals surface area (Å²) in [5.41, 5.74) is -0.513. The zero-order valence-electron chi connectivity index (χ0n) is 12.6. The van der Waals surface area contributed by atoms with Crippen LogP contribution in [0.2, 0.25) is 0 Å². The topological polar surface area (TPSA) is 58.1 Å². The van der Waals surface area contributed by atoms with Gasteiger partial charge in [0.1, 0.15) is 22.9 Å². The van der Waals surface area contributed by atoms with Crippen LogP contribution in [-0.2, 0) is 6.18 Å². The molecule has 3 aromatic rings. The average Bonchev–Trinajstić information content (AvgIpc) is 3.00. The van der Waals surface area contributed by atoms with E-state index in [4.69, 9.17) is 4.74 Å². The number of nitrogens with zero attached hydrogens (tertiary/aromatic N) is 1. The number of H-pyrrole nitrogens is 1. The second-order valence-electron chi connectivity index (χ2n) is 5.07. The van der Waals surface area contributed by atoms with Crippen LogP contribution >= 0.6 is 0 Å². The molecule has 0 spiro atoms. The number of benzene rings is 2. The molecule has 0 radical (unpaired) electrons. The van der Waals surface area contributed by atoms with Crippen molar-refractivity contribution >= 4 is 0 Å². The van der Waals surface area contributed by atoms with Gasteiger partial charge in [0.2, 0.25) is 0 Å². The van der Waals surface area contributed by atoms with Gasteiger partial charge in [-0.25, -0.2) is 0 Å². The van der Waals surface area contributed by atoms with Crippen LogP contribution in [0.5, 0.6) is 11.5 Å². The Morgan fingerprint density at radius 3 is 2.38 bits per heavy atom. The SMILES string of the molecule is COc1ccc(-c2n[nH]c(C(F)(F)F)c2-c2ccccc2)c(O)c1. The van der Waals surface area contributed by atoms with Gasteiger partial charge in [-0.1, -0.05) is 30.3 Å². The van der Waals surface area contributed by atoms with Gasteiger partial charge in [0.25, 0.3) is 0 Å². The molecule has 0 amide bonds. The molecule has 4 nitrogen and oxygen atoms in total. The van der Waals surface area contributed by atoms with Crippen LogP contribution in [0.3, 0.4) is 0 Å². The van der Waals surface area contributed by atoms with Crippen LogP contribution in [-0.4, -0.2) is 22.4 Å². The van der Waals surface area contributed by atoms with Crippen LogP contribution in [0.15, 0.2) is 48.5 Å². The monoisotopic (exact) mass is 334 g/mol. The molecule has 0 bridgehead atoms. The molecule has 2 N–H and O–H groups in total. The predicted octanol–water partition coefficient (Wildman–Crippen LogP) is 4.48. The lowest BCUT2D eigenvalue weighted by atomic mass is 9.98. The fraction of sp³-hybridized carbons (Fsp3) is 0.118. The van der Waals surface area contributed by atoms with E-state index in [1.165, 1.54) is 19.2 Å². The Kier molecular flexibility index (Phi) is 3.92. The number of hydrogen-bond acceptors (Lipinski definition) is 3. The zero-order chi connectivity index (χ0) is 17.3. The first-order valence-electron chi connectivity index (χ1n) is 7.00. The quantitative estimate of drug-likeness (QED) is 0.743. The van der Waals surface area contributed by atoms with Gasteiger partial charge in [0.05, 0.1) is 7.11 Å². The number of rotatable bonds is 3. The van der Waals surface area contributed by atoms with Gasteiger partial charge in [0, 0.05) is 17.2 Å². The van der Waals surface area contributed by atoms with Crippen molar-refractivity contribution in [2.24, 2.45) is 0 Å². The minimum Gasteiger partial charge on any atom is -0.507 e. The molecule has 0 aliphatic heterocycles. The van der Waals surface area contributed by atoms with Crippen molar-refractivity contribution in [1.82, 2.24) is 10.2 Å². The van der Waals surface area contributed by atoms with Crippen molar-refractivity contribution in [2.75, 3.05) is 7.11 Å². The first-order valence-corrected chi connectivity index (χ1v) is 7.00. The number of phenols is 1. The Morgan fingerprint density at radius 2 is 1.79 bits per heavy atom. The second-order valence-corrected chi connectivity index (χ2v) is 5.07. The summed E-state index contributed by atoms with van der Waals surface area (Å²) < 4.78 is 45.0. The van der Waals surface area contributed by atoms with Gasteiger partial charge in [-0.2, -0.15) is 18.3 Å². The van der Waals surface area contributed by atoms with Gasteiger partial charge >= 0.3 is 6.18 Å². The number of methoxy groups -OCH3 is 1. The third-order valence-electron chi connectivity index (χ3n) is 3.57. The molecule has 0 aliphatic rings. The molecule has 124 valence electrons. The molecule has 0 aliphatic carbocycles. The lowest BCUT2D eigenvalue weighted by Crippen LogP contribution is -2.07. The van der Waals surface area contributed by atoms with Gasteiger partial charge in [0.15, 0.2) is 0 Å². The Hall–Kier alpha value is -2.96. The third-order valence-corrected chi connectivity index (χ3v) is 3.57. The third kappa shape index (κ3) is 2.80. The molecule has 7 heteroatoms. The zero-order valence-corrected chi connectivity index (χ0v) is 12.6. The number of hydrogen-bond donors (Lipinski definition) is 2. The van der Waals surface area contributed by atoms with E-state index in [2.05, 4.69) is 5.10 Å². The second kappa shape index (κ2) is 5.92. The lowest BCUT2D eigenvalue weighted by molar-refractivity contribution is -0.140. The first kappa shape index (κ1) is 15.9. The van der Waals surface area contributed by atoms with Crippen LogP contribution in [0.1, 0.15) is 5.69 Å². The largest absolute Gasteiger partial charge is 0.507 e. The summed E-state index contributed by atoms with van der Waals surface area (Å²) >= 11 is 0. The molecule has 3 rings (SSSR count). The standard InChI is InChI=1S/C17H13F3N2O2/c1-24-11-7-8-12(13(23)9-11)15-14(10-5-3-2-4-6-10)16(22-21-15)17(18,19)20/h2-9,23H,1H3,(H,21,22). The molecule has 0 saturated carbocycles. The Bertz CT molecular complexity index is 858. The van der Waals surface area contributed by atoms with Crippen molar-refractivity contribution < 1.29 is 23.0 Å². The van der Waals surface area contributed by atoms with Crippen LogP contribution in [0.25, 0.3) is 22.4 Å². The molecular weight excluding hydrogens is 321 g/mol. The van der Waals surface area contributed by atoms with Crippen LogP contribution < -0.4 is 4.74 Å². The summed E-state index contributed by atoms with van der Waals surface area (Å²) in [6.45, 7) is 0. The van der Waals surface area contributed by atoms with Crippen molar-refractivity contribution in [3.63, 3.8) is 0 Å². The van der Waals surface area contributed by atoms with Gasteiger partial charge in [-0.3, -0.25) is 5.10 Å². The number of aromatic hydroxyl groups is 1. The average molecular weight is 334 g/mol. The molecule has 24 heavy (non-hydrogen) atoms. The minimum atomic E-state index is -4.60. The van der Waals surface area contributed by atoms with Crippen molar-refractivity contribution in [1.29, 1.82) is 0 Å². The molecule has 1 aromatic heterocycles. The maximum Gasteiger partial charge on any atom is 0.433 e. The number of aromatic amines is 1. The van der Waals surface area contributed by atoms with E-state index in [0.29, 0.717) is 11.3 Å². The van der Waals surface area contributed by atoms with Gasteiger partial charge < -0.3 is 9.84 Å². The number of nitrogens with one attached hydrogen (secondary N) is 1. The molecule has 0 fully saturated rings. The van der Waals surface area contributed by atoms with E-state index in [1.54, 1.807) is 36.4 Å². The summed E-state index contributed by atoms with van der Waals surface area (Å²) in [7, 11) is 1.43. The normalized spacial score (nSPS) is 11.5. The van der Waals surface area contributed by atoms with Gasteiger partial charge in [-0.15, -0.1) is 0 Å². The Labute approximate surface area is 135 Å². The molecular formula is C17H13F3N2O2. The molecule has 1 heterocycles. The smallest absolute Gasteiger partial charge is 0.433 e. The van der Waals surface area contributed by atoms with E-state index in [9.17, 15) is 18.3 Å². The van der Waals surface area contributed by atoms with E-state index in [-0.39, 0.29) is 22.6 Å². The van der Waals surface area contributed by atoms with Crippen molar-refractivity contribution in [3.05, 3.63) is 54.2 Å². The fourth-order valence-corrected chi connectivity index (χ4v) is 2.47. The maximum atomic E-state index is 13.3. The molecule has 2 aromatic carbocycles. The number of phenolic OH excluding ortho intramolecular Hbond substituents is 1. The minimum absolute atomic E-state index is 0.0219. The highest BCUT2D eigenvalue weighted by Gasteiger charge is 2.38. The number of ether oxygens (including phenoxy) is 1. The van der Waals surface area contributed by atoms with Crippen LogP contribution in [0, 0.1) is 0 Å². The van der Waals surface area contributed by atoms with Crippen molar-refractivity contribution in [3.8, 4) is 33.9 Å². The fourth-order valence-electron chi connectivity index (χ4n) is 2.47. The summed E-state index contributed by atoms with van der Waals surface area (Å²) in [6, 6.07) is 12.4. The number of alkyl halides is 3. The molecule has 0 saturated heterocycles.